The van der Waals surface area contributed by atoms with Gasteiger partial charge in [0.15, 0.2) is 0 Å². The molecule has 1 atom stereocenters. The van der Waals surface area contributed by atoms with E-state index in [1.165, 1.54) is 19.2 Å². The largest absolute Gasteiger partial charge is 0.419 e. The van der Waals surface area contributed by atoms with Crippen LogP contribution in [0.5, 0.6) is 0 Å². The molecule has 12 heteroatoms. The molecule has 0 unspecified atom stereocenters. The lowest BCUT2D eigenvalue weighted by molar-refractivity contribution is -0.000339. The highest BCUT2D eigenvalue weighted by Crippen LogP contribution is 2.50. The zero-order valence-electron chi connectivity index (χ0n) is 20.6. The van der Waals surface area contributed by atoms with Gasteiger partial charge in [-0.15, -0.1) is 0 Å². The summed E-state index contributed by atoms with van der Waals surface area (Å²) in [5.74, 6) is -0.408. The van der Waals surface area contributed by atoms with Gasteiger partial charge >= 0.3 is 19.7 Å². The molecule has 0 aliphatic carbocycles. The Morgan fingerprint density at radius 3 is 2.62 bits per heavy atom. The van der Waals surface area contributed by atoms with Gasteiger partial charge in [0.25, 0.3) is 0 Å². The Labute approximate surface area is 219 Å². The molecule has 3 amide bonds. The van der Waals surface area contributed by atoms with E-state index in [9.17, 15) is 18.5 Å². The maximum atomic E-state index is 13.6. The minimum atomic E-state index is -4.08. The Morgan fingerprint density at radius 1 is 1.11 bits per heavy atom. The zero-order chi connectivity index (χ0) is 26.8. The topological polar surface area (TPSA) is 110 Å². The minimum Gasteiger partial charge on any atom is -0.373 e. The number of nitrogens with zero attached hydrogens (tertiary/aromatic N) is 2. The Hall–Kier alpha value is -3.20. The number of rotatable bonds is 11. The first-order valence-electron chi connectivity index (χ1n) is 11.8. The SMILES string of the molecule is CCCCCC[P@](=O)(OC(=O)Nc1cc2ccccc2cn1)ON(C)C(=O)NCc1cccc(F)c1Cl. The molecule has 0 aliphatic rings. The molecular formula is C25H29ClFN4O5P. The quantitative estimate of drug-likeness (QED) is 0.149. The van der Waals surface area contributed by atoms with Gasteiger partial charge in [0.2, 0.25) is 0 Å². The van der Waals surface area contributed by atoms with E-state index in [-0.39, 0.29) is 23.5 Å². The average molecular weight is 551 g/mol. The van der Waals surface area contributed by atoms with Crippen molar-refractivity contribution in [1.82, 2.24) is 15.4 Å². The fourth-order valence-corrected chi connectivity index (χ4v) is 5.19. The predicted molar refractivity (Wildman–Crippen MR) is 141 cm³/mol. The summed E-state index contributed by atoms with van der Waals surface area (Å²) in [7, 11) is -2.85. The molecule has 9 nitrogen and oxygen atoms in total. The molecule has 0 saturated heterocycles. The van der Waals surface area contributed by atoms with Gasteiger partial charge in [-0.3, -0.25) is 5.32 Å². The van der Waals surface area contributed by atoms with Crippen LogP contribution in [-0.2, 0) is 20.3 Å². The third kappa shape index (κ3) is 8.42. The molecule has 3 aromatic rings. The number of hydrogen-bond donors (Lipinski definition) is 2. The molecule has 0 radical (unpaired) electrons. The van der Waals surface area contributed by atoms with Crippen molar-refractivity contribution in [2.45, 2.75) is 39.2 Å². The predicted octanol–water partition coefficient (Wildman–Crippen LogP) is 7.12. The zero-order valence-corrected chi connectivity index (χ0v) is 22.2. The fraction of sp³-hybridized carbons (Fsp3) is 0.320. The van der Waals surface area contributed by atoms with E-state index in [1.54, 1.807) is 18.3 Å². The van der Waals surface area contributed by atoms with E-state index < -0.39 is 25.5 Å². The van der Waals surface area contributed by atoms with Crippen molar-refractivity contribution >= 4 is 47.9 Å². The molecule has 0 saturated carbocycles. The standard InChI is InChI=1S/C25H29ClFN4O5P/c1-3-4-5-8-14-37(34,35-25(33)30-22-15-18-10-6-7-11-19(18)16-28-22)36-31(2)24(32)29-17-20-12-9-13-21(27)23(20)26/h6-7,9-13,15-16H,3-5,8,14,17H2,1-2H3,(H,29,32)(H,28,30,33)/t37-/m0/s1. The number of nitrogens with one attached hydrogen (secondary N) is 2. The van der Waals surface area contributed by atoms with Crippen molar-refractivity contribution in [3.05, 3.63) is 71.1 Å². The van der Waals surface area contributed by atoms with Gasteiger partial charge in [0, 0.05) is 25.2 Å². The van der Waals surface area contributed by atoms with Crippen molar-refractivity contribution in [3.63, 3.8) is 0 Å². The lowest BCUT2D eigenvalue weighted by atomic mass is 10.2. The van der Waals surface area contributed by atoms with E-state index in [0.29, 0.717) is 17.0 Å². The number of amides is 3. The lowest BCUT2D eigenvalue weighted by Gasteiger charge is -2.24. The first-order valence-corrected chi connectivity index (χ1v) is 13.9. The number of pyridine rings is 1. The first-order chi connectivity index (χ1) is 17.7. The van der Waals surface area contributed by atoms with Crippen molar-refractivity contribution in [2.75, 3.05) is 18.5 Å². The highest BCUT2D eigenvalue weighted by Gasteiger charge is 2.33. The van der Waals surface area contributed by atoms with Gasteiger partial charge in [-0.25, -0.2) is 23.5 Å². The number of halogens is 2. The molecule has 0 bridgehead atoms. The molecular weight excluding hydrogens is 522 g/mol. The molecule has 0 fully saturated rings. The number of carbonyl (C=O) groups excluding carboxylic acids is 2. The number of unbranched alkanes of at least 4 members (excludes halogenated alkanes) is 3. The second-order valence-corrected chi connectivity index (χ2v) is 10.7. The van der Waals surface area contributed by atoms with Crippen LogP contribution < -0.4 is 10.6 Å². The average Bonchev–Trinajstić information content (AvgIpc) is 2.87. The van der Waals surface area contributed by atoms with Gasteiger partial charge in [-0.05, 0) is 29.5 Å². The molecule has 198 valence electrons. The molecule has 2 N–H and O–H groups in total. The summed E-state index contributed by atoms with van der Waals surface area (Å²) in [6.07, 6.45) is 3.54. The molecule has 0 spiro atoms. The number of carbonyl (C=O) groups is 2. The summed E-state index contributed by atoms with van der Waals surface area (Å²) >= 11 is 5.92. The van der Waals surface area contributed by atoms with Crippen molar-refractivity contribution in [2.24, 2.45) is 0 Å². The third-order valence-electron chi connectivity index (χ3n) is 5.36. The third-order valence-corrected chi connectivity index (χ3v) is 7.59. The van der Waals surface area contributed by atoms with E-state index >= 15 is 0 Å². The number of aromatic nitrogens is 1. The highest BCUT2D eigenvalue weighted by molar-refractivity contribution is 7.54. The van der Waals surface area contributed by atoms with Crippen LogP contribution in [0.25, 0.3) is 10.8 Å². The summed E-state index contributed by atoms with van der Waals surface area (Å²) in [5.41, 5.74) is 0.352. The van der Waals surface area contributed by atoms with Crippen LogP contribution in [0.2, 0.25) is 5.02 Å². The molecule has 2 aromatic carbocycles. The minimum absolute atomic E-state index is 0.0844. The monoisotopic (exact) mass is 550 g/mol. The van der Waals surface area contributed by atoms with E-state index in [2.05, 4.69) is 15.6 Å². The summed E-state index contributed by atoms with van der Waals surface area (Å²) in [4.78, 5) is 29.3. The molecule has 0 aliphatic heterocycles. The fourth-order valence-electron chi connectivity index (χ4n) is 3.43. The van der Waals surface area contributed by atoms with Crippen molar-refractivity contribution < 1.29 is 27.7 Å². The van der Waals surface area contributed by atoms with Crippen LogP contribution in [0, 0.1) is 5.82 Å². The Balaban J connectivity index is 1.64. The van der Waals surface area contributed by atoms with Crippen LogP contribution >= 0.6 is 19.2 Å². The number of hydroxylamine groups is 2. The Kier molecular flexibility index (Phi) is 10.3. The van der Waals surface area contributed by atoms with Crippen LogP contribution in [0.15, 0.2) is 54.7 Å². The highest BCUT2D eigenvalue weighted by atomic mass is 35.5. The van der Waals surface area contributed by atoms with Crippen LogP contribution in [0.3, 0.4) is 0 Å². The maximum absolute atomic E-state index is 13.6. The second-order valence-electron chi connectivity index (χ2n) is 8.27. The van der Waals surface area contributed by atoms with Gasteiger partial charge in [0.1, 0.15) is 11.6 Å². The van der Waals surface area contributed by atoms with Crippen LogP contribution in [0.1, 0.15) is 38.2 Å². The second kappa shape index (κ2) is 13.4. The molecule has 3 rings (SSSR count). The number of benzene rings is 2. The van der Waals surface area contributed by atoms with Crippen molar-refractivity contribution in [3.8, 4) is 0 Å². The first kappa shape index (κ1) is 28.4. The smallest absolute Gasteiger partial charge is 0.373 e. The lowest BCUT2D eigenvalue weighted by Crippen LogP contribution is -2.37. The van der Waals surface area contributed by atoms with Crippen LogP contribution in [-0.4, -0.2) is 35.4 Å². The summed E-state index contributed by atoms with van der Waals surface area (Å²) in [6, 6.07) is 12.6. The normalized spacial score (nSPS) is 12.5. The molecule has 37 heavy (non-hydrogen) atoms. The van der Waals surface area contributed by atoms with Gasteiger partial charge in [0.05, 0.1) is 11.2 Å². The van der Waals surface area contributed by atoms with Crippen molar-refractivity contribution in [1.29, 1.82) is 0 Å². The maximum Gasteiger partial charge on any atom is 0.419 e. The number of anilines is 1. The summed E-state index contributed by atoms with van der Waals surface area (Å²) < 4.78 is 37.7. The van der Waals surface area contributed by atoms with Gasteiger partial charge in [-0.2, -0.15) is 9.69 Å². The summed E-state index contributed by atoms with van der Waals surface area (Å²) in [6.45, 7) is 1.93. The van der Waals surface area contributed by atoms with Crippen LogP contribution in [0.4, 0.5) is 19.8 Å². The van der Waals surface area contributed by atoms with Gasteiger partial charge in [-0.1, -0.05) is 74.2 Å². The molecule has 1 heterocycles. The Bertz CT molecular complexity index is 1290. The summed E-state index contributed by atoms with van der Waals surface area (Å²) in [5, 5.41) is 7.27. The number of fused-ring (bicyclic) bond motifs is 1. The number of hydrogen-bond acceptors (Lipinski definition) is 6. The van der Waals surface area contributed by atoms with E-state index in [4.69, 9.17) is 20.7 Å². The Morgan fingerprint density at radius 2 is 1.86 bits per heavy atom. The number of urea groups is 1. The molecule has 1 aromatic heterocycles. The van der Waals surface area contributed by atoms with E-state index in [1.807, 2.05) is 31.2 Å². The van der Waals surface area contributed by atoms with E-state index in [0.717, 1.165) is 30.0 Å². The van der Waals surface area contributed by atoms with Gasteiger partial charge < -0.3 is 9.84 Å².